The Kier molecular flexibility index (Phi) is 21.0. The first-order valence-electron chi connectivity index (χ1n) is 0.348. The van der Waals surface area contributed by atoms with Crippen molar-refractivity contribution in [3.8, 4) is 0 Å². The predicted molar refractivity (Wildman–Crippen MR) is 10.9 cm³/mol. The van der Waals surface area contributed by atoms with Crippen LogP contribution >= 0.6 is 0 Å². The third-order valence-electron chi connectivity index (χ3n) is 0. The van der Waals surface area contributed by atoms with Crippen molar-refractivity contribution in [3.63, 3.8) is 0 Å². The van der Waals surface area contributed by atoms with Crippen molar-refractivity contribution in [1.82, 2.24) is 0 Å². The van der Waals surface area contributed by atoms with E-state index in [2.05, 4.69) is 8.27 Å². The third-order valence-corrected chi connectivity index (χ3v) is 0. The minimum absolute atomic E-state index is 0. The van der Waals surface area contributed by atoms with E-state index in [0.717, 1.165) is 0 Å². The fraction of sp³-hybridized carbons (Fsp3) is 0. The van der Waals surface area contributed by atoms with Crippen molar-refractivity contribution in [2.24, 2.45) is 8.27 Å². The summed E-state index contributed by atoms with van der Waals surface area (Å²) in [5.41, 5.74) is 0. The van der Waals surface area contributed by atoms with Gasteiger partial charge in [0.05, 0.1) is 0 Å². The van der Waals surface area contributed by atoms with E-state index >= 15 is 0 Å². The second-order valence-electron chi connectivity index (χ2n) is 0.101. The van der Waals surface area contributed by atoms with Gasteiger partial charge in [-0.1, -0.05) is 0 Å². The molecule has 0 unspecified atom stereocenters. The number of nitrogens with two attached hydrogens (primary N) is 2. The zero-order valence-corrected chi connectivity index (χ0v) is 3.35. The first-order valence-corrected chi connectivity index (χ1v) is 2.06. The van der Waals surface area contributed by atoms with E-state index in [9.17, 15) is 0 Å². The van der Waals surface area contributed by atoms with Gasteiger partial charge in [0.15, 0.2) is 0 Å². The van der Waals surface area contributed by atoms with Gasteiger partial charge in [-0.05, 0) is 0 Å². The molecule has 0 bridgehead atoms. The Labute approximate surface area is 33.9 Å². The van der Waals surface area contributed by atoms with Crippen molar-refractivity contribution in [2.75, 3.05) is 0 Å². The first-order chi connectivity index (χ1) is 1.41. The van der Waals surface area contributed by atoms with E-state index in [1.54, 1.807) is 0 Å². The number of halogens is 1. The van der Waals surface area contributed by atoms with Gasteiger partial charge in [0.25, 0.3) is 0 Å². The van der Waals surface area contributed by atoms with E-state index in [1.165, 1.54) is 0 Å². The maximum atomic E-state index is 4.66. The van der Waals surface area contributed by atoms with Gasteiger partial charge in [-0.2, -0.15) is 0 Å². The van der Waals surface area contributed by atoms with E-state index in [1.807, 2.05) is 0 Å². The molecule has 0 heterocycles. The molecule has 0 rings (SSSR count). The van der Waals surface area contributed by atoms with Crippen molar-refractivity contribution < 1.29 is 25.0 Å². The molecular formula is H5AgFN2. The molecule has 0 aromatic carbocycles. The Morgan fingerprint density at radius 3 is 1.25 bits per heavy atom. The standard InChI is InChI=1S/Ag.FH.2H2N/h;1H;2*1H2/q+2;;2*-1. The molecule has 0 aromatic rings. The molecule has 0 aromatic heterocycles. The molecule has 0 aliphatic carbocycles. The van der Waals surface area contributed by atoms with E-state index in [-0.39, 0.29) is 25.0 Å². The van der Waals surface area contributed by atoms with Gasteiger partial charge < -0.3 is 0 Å². The molecule has 0 aliphatic rings. The summed E-state index contributed by atoms with van der Waals surface area (Å²) in [6.07, 6.45) is 0. The monoisotopic (exact) mass is 159 g/mol. The van der Waals surface area contributed by atoms with E-state index in [0.29, 0.717) is 0 Å². The predicted octanol–water partition coefficient (Wildman–Crippen LogP) is -1.03. The Hall–Kier alpha value is 0.590. The molecule has 0 radical (unpaired) electrons. The molecule has 4 heteroatoms. The van der Waals surface area contributed by atoms with Crippen molar-refractivity contribution in [3.05, 3.63) is 0 Å². The topological polar surface area (TPSA) is 52.0 Å². The van der Waals surface area contributed by atoms with Gasteiger partial charge in [-0.25, -0.2) is 0 Å². The number of rotatable bonds is 0. The number of hydrogen-bond acceptors (Lipinski definition) is 2. The average molecular weight is 160 g/mol. The summed E-state index contributed by atoms with van der Waals surface area (Å²) >= 11 is 0.0700. The molecule has 33 valence electrons. The van der Waals surface area contributed by atoms with Crippen LogP contribution in [0.2, 0.25) is 0 Å². The van der Waals surface area contributed by atoms with Crippen LogP contribution in [0.25, 0.3) is 0 Å². The summed E-state index contributed by atoms with van der Waals surface area (Å²) in [6, 6.07) is 0. The van der Waals surface area contributed by atoms with Gasteiger partial charge >= 0.3 is 28.6 Å². The molecular weight excluding hydrogens is 155 g/mol. The van der Waals surface area contributed by atoms with Crippen LogP contribution in [0.1, 0.15) is 0 Å². The molecule has 2 nitrogen and oxygen atoms in total. The molecule has 0 saturated carbocycles. The third kappa shape index (κ3) is 18.8. The fourth-order valence-electron chi connectivity index (χ4n) is 0. The van der Waals surface area contributed by atoms with Crippen molar-refractivity contribution in [2.45, 2.75) is 0 Å². The fourth-order valence-corrected chi connectivity index (χ4v) is 0. The van der Waals surface area contributed by atoms with Crippen molar-refractivity contribution >= 4 is 0 Å². The summed E-state index contributed by atoms with van der Waals surface area (Å²) in [6.45, 7) is 0. The zero-order valence-electron chi connectivity index (χ0n) is 1.86. The van der Waals surface area contributed by atoms with Crippen molar-refractivity contribution in [1.29, 1.82) is 0 Å². The van der Waals surface area contributed by atoms with E-state index < -0.39 is 0 Å². The van der Waals surface area contributed by atoms with E-state index in [4.69, 9.17) is 0 Å². The minimum atomic E-state index is 0. The quantitative estimate of drug-likeness (QED) is 0.445. The molecule has 0 saturated heterocycles. The number of hydrogen-bond donors (Lipinski definition) is 2. The summed E-state index contributed by atoms with van der Waals surface area (Å²) in [5, 5.41) is 0. The van der Waals surface area contributed by atoms with Gasteiger partial charge in [0, 0.05) is 0 Å². The Morgan fingerprint density at radius 1 is 1.25 bits per heavy atom. The van der Waals surface area contributed by atoms with Crippen LogP contribution in [0.4, 0.5) is 4.70 Å². The Morgan fingerprint density at radius 2 is 1.25 bits per heavy atom. The zero-order chi connectivity index (χ0) is 2.71. The Bertz CT molecular complexity index is 6.00. The maximum absolute atomic E-state index is 4.66. The second-order valence-corrected chi connectivity index (χ2v) is 0.595. The first kappa shape index (κ1) is 8.82. The summed E-state index contributed by atoms with van der Waals surface area (Å²) in [7, 11) is 0. The SMILES string of the molecule is F.[NH2][Ag][NH2]. The average Bonchev–Trinajstić information content (AvgIpc) is 0.918. The van der Waals surface area contributed by atoms with Crippen LogP contribution in [0.15, 0.2) is 0 Å². The van der Waals surface area contributed by atoms with Crippen LogP contribution in [-0.2, 0) is 20.3 Å². The molecule has 0 fully saturated rings. The molecule has 4 heavy (non-hydrogen) atoms. The van der Waals surface area contributed by atoms with Crippen LogP contribution in [-0.4, -0.2) is 0 Å². The van der Waals surface area contributed by atoms with Crippen LogP contribution in [0.3, 0.4) is 0 Å². The van der Waals surface area contributed by atoms with Gasteiger partial charge in [0.2, 0.25) is 0 Å². The molecule has 0 amide bonds. The molecule has 0 aliphatic heterocycles. The van der Waals surface area contributed by atoms with Crippen LogP contribution in [0.5, 0.6) is 0 Å². The van der Waals surface area contributed by atoms with Crippen LogP contribution < -0.4 is 8.27 Å². The Balaban J connectivity index is 0. The summed E-state index contributed by atoms with van der Waals surface area (Å²) < 4.78 is 9.31. The van der Waals surface area contributed by atoms with Gasteiger partial charge in [0.1, 0.15) is 0 Å². The normalized spacial score (nSPS) is 5.50. The second kappa shape index (κ2) is 9.53. The molecule has 0 atom stereocenters. The summed E-state index contributed by atoms with van der Waals surface area (Å²) in [5.74, 6) is 0. The van der Waals surface area contributed by atoms with Crippen LogP contribution in [0, 0.1) is 0 Å². The van der Waals surface area contributed by atoms with Gasteiger partial charge in [-0.15, -0.1) is 0 Å². The molecule has 4 N–H and O–H groups in total. The molecule has 0 spiro atoms. The van der Waals surface area contributed by atoms with Gasteiger partial charge in [-0.3, -0.25) is 4.70 Å². The summed E-state index contributed by atoms with van der Waals surface area (Å²) in [4.78, 5) is 0.